The Balaban J connectivity index is 2.15. The van der Waals surface area contributed by atoms with E-state index in [2.05, 4.69) is 4.72 Å². The number of carbonyl (C=O) groups excluding carboxylic acids is 1. The maximum absolute atomic E-state index is 13.3. The lowest BCUT2D eigenvalue weighted by Crippen LogP contribution is -2.49. The van der Waals surface area contributed by atoms with Crippen LogP contribution < -0.4 is 4.72 Å². The fourth-order valence-corrected chi connectivity index (χ4v) is 3.02. The number of halogens is 2. The molecule has 0 aromatic heterocycles. The van der Waals surface area contributed by atoms with Crippen molar-refractivity contribution in [3.8, 4) is 0 Å². The molecule has 1 aromatic rings. The van der Waals surface area contributed by atoms with Crippen LogP contribution in [0.2, 0.25) is 0 Å². The van der Waals surface area contributed by atoms with Gasteiger partial charge in [0.15, 0.2) is 11.6 Å². The minimum absolute atomic E-state index is 0.0603. The molecule has 0 radical (unpaired) electrons. The van der Waals surface area contributed by atoms with Crippen molar-refractivity contribution in [3.05, 3.63) is 35.4 Å². The van der Waals surface area contributed by atoms with E-state index in [4.69, 9.17) is 0 Å². The molecular formula is C14H18F2N2O3S. The predicted molar refractivity (Wildman–Crippen MR) is 77.9 cm³/mol. The van der Waals surface area contributed by atoms with Crippen molar-refractivity contribution in [1.82, 2.24) is 9.62 Å². The van der Waals surface area contributed by atoms with E-state index in [1.54, 1.807) is 0 Å². The van der Waals surface area contributed by atoms with Crippen LogP contribution in [0.15, 0.2) is 18.2 Å². The van der Waals surface area contributed by atoms with Gasteiger partial charge in [0.1, 0.15) is 0 Å². The van der Waals surface area contributed by atoms with E-state index >= 15 is 0 Å². The average Bonchev–Trinajstić information content (AvgIpc) is 2.47. The first-order valence-electron chi connectivity index (χ1n) is 6.98. The molecule has 0 bridgehead atoms. The van der Waals surface area contributed by atoms with Crippen LogP contribution >= 0.6 is 0 Å². The Morgan fingerprint density at radius 1 is 1.32 bits per heavy atom. The lowest BCUT2D eigenvalue weighted by molar-refractivity contribution is 0.0618. The molecule has 0 spiro atoms. The number of sulfonamides is 1. The van der Waals surface area contributed by atoms with Crippen LogP contribution in [-0.2, 0) is 10.0 Å². The molecule has 1 amide bonds. The van der Waals surface area contributed by atoms with Gasteiger partial charge >= 0.3 is 0 Å². The number of rotatable bonds is 4. The summed E-state index contributed by atoms with van der Waals surface area (Å²) in [5.74, 6) is -2.50. The predicted octanol–water partition coefficient (Wildman–Crippen LogP) is 1.51. The van der Waals surface area contributed by atoms with Crippen molar-refractivity contribution in [3.63, 3.8) is 0 Å². The van der Waals surface area contributed by atoms with Crippen LogP contribution in [0.25, 0.3) is 0 Å². The molecular weight excluding hydrogens is 314 g/mol. The Morgan fingerprint density at radius 2 is 2.05 bits per heavy atom. The van der Waals surface area contributed by atoms with Gasteiger partial charge in [0.25, 0.3) is 5.91 Å². The summed E-state index contributed by atoms with van der Waals surface area (Å²) in [7, 11) is -3.35. The summed E-state index contributed by atoms with van der Waals surface area (Å²) in [6.45, 7) is 0.586. The van der Waals surface area contributed by atoms with Crippen LogP contribution in [0.4, 0.5) is 8.78 Å². The highest BCUT2D eigenvalue weighted by Gasteiger charge is 2.28. The van der Waals surface area contributed by atoms with E-state index < -0.39 is 27.6 Å². The molecule has 1 aliphatic rings. The molecule has 1 aliphatic heterocycles. The Kier molecular flexibility index (Phi) is 5.12. The summed E-state index contributed by atoms with van der Waals surface area (Å²) < 4.78 is 51.0. The van der Waals surface area contributed by atoms with Gasteiger partial charge in [-0.1, -0.05) is 0 Å². The second-order valence-electron chi connectivity index (χ2n) is 5.40. The summed E-state index contributed by atoms with van der Waals surface area (Å²) in [6.07, 6.45) is 3.40. The Hall–Kier alpha value is -1.54. The van der Waals surface area contributed by atoms with E-state index in [1.807, 2.05) is 0 Å². The molecule has 1 unspecified atom stereocenters. The van der Waals surface area contributed by atoms with E-state index in [1.165, 1.54) is 11.0 Å². The maximum atomic E-state index is 13.3. The monoisotopic (exact) mass is 332 g/mol. The molecule has 2 rings (SSSR count). The smallest absolute Gasteiger partial charge is 0.254 e. The first-order chi connectivity index (χ1) is 10.3. The van der Waals surface area contributed by atoms with Crippen LogP contribution in [0.5, 0.6) is 0 Å². The molecule has 1 N–H and O–H groups in total. The summed E-state index contributed by atoms with van der Waals surface area (Å²) >= 11 is 0. The second-order valence-corrected chi connectivity index (χ2v) is 7.23. The zero-order chi connectivity index (χ0) is 16.3. The van der Waals surface area contributed by atoms with Crippen LogP contribution in [0, 0.1) is 11.6 Å². The number of nitrogens with zero attached hydrogens (tertiary/aromatic N) is 1. The van der Waals surface area contributed by atoms with Gasteiger partial charge in [-0.15, -0.1) is 0 Å². The quantitative estimate of drug-likeness (QED) is 0.909. The first-order valence-corrected chi connectivity index (χ1v) is 8.88. The second kappa shape index (κ2) is 6.70. The SMILES string of the molecule is CS(=O)(=O)NCC1CCCCN1C(=O)c1ccc(F)c(F)c1. The van der Waals surface area contributed by atoms with Crippen LogP contribution in [-0.4, -0.2) is 44.6 Å². The largest absolute Gasteiger partial charge is 0.334 e. The van der Waals surface area contributed by atoms with Gasteiger partial charge < -0.3 is 4.90 Å². The van der Waals surface area contributed by atoms with Crippen LogP contribution in [0.1, 0.15) is 29.6 Å². The fraction of sp³-hybridized carbons (Fsp3) is 0.500. The molecule has 1 fully saturated rings. The van der Waals surface area contributed by atoms with Crippen molar-refractivity contribution in [1.29, 1.82) is 0 Å². The Morgan fingerprint density at radius 3 is 2.68 bits per heavy atom. The number of nitrogens with one attached hydrogen (secondary N) is 1. The third-order valence-corrected chi connectivity index (χ3v) is 4.33. The highest BCUT2D eigenvalue weighted by Crippen LogP contribution is 2.20. The summed E-state index contributed by atoms with van der Waals surface area (Å²) in [5.41, 5.74) is 0.0603. The number of carbonyl (C=O) groups is 1. The topological polar surface area (TPSA) is 66.5 Å². The van der Waals surface area contributed by atoms with E-state index in [-0.39, 0.29) is 18.2 Å². The number of benzene rings is 1. The van der Waals surface area contributed by atoms with Crippen molar-refractivity contribution in [2.45, 2.75) is 25.3 Å². The molecule has 1 heterocycles. The molecule has 1 atom stereocenters. The van der Waals surface area contributed by atoms with Crippen molar-refractivity contribution < 1.29 is 22.0 Å². The van der Waals surface area contributed by atoms with E-state index in [0.717, 1.165) is 31.2 Å². The maximum Gasteiger partial charge on any atom is 0.254 e. The van der Waals surface area contributed by atoms with Gasteiger partial charge in [-0.25, -0.2) is 21.9 Å². The number of piperidine rings is 1. The third-order valence-electron chi connectivity index (χ3n) is 3.64. The molecule has 22 heavy (non-hydrogen) atoms. The van der Waals surface area contributed by atoms with Crippen molar-refractivity contribution in [2.75, 3.05) is 19.3 Å². The van der Waals surface area contributed by atoms with Gasteiger partial charge in [0.05, 0.1) is 6.26 Å². The molecule has 5 nitrogen and oxygen atoms in total. The highest BCUT2D eigenvalue weighted by atomic mass is 32.2. The first kappa shape index (κ1) is 16.8. The van der Waals surface area contributed by atoms with E-state index in [9.17, 15) is 22.0 Å². The minimum Gasteiger partial charge on any atom is -0.334 e. The van der Waals surface area contributed by atoms with Gasteiger partial charge in [-0.2, -0.15) is 0 Å². The number of hydrogen-bond acceptors (Lipinski definition) is 3. The standard InChI is InChI=1S/C14H18F2N2O3S/c1-22(20,21)17-9-11-4-2-3-7-18(11)14(19)10-5-6-12(15)13(16)8-10/h5-6,8,11,17H,2-4,7,9H2,1H3. The van der Waals surface area contributed by atoms with Gasteiger partial charge in [0, 0.05) is 24.7 Å². The third kappa shape index (κ3) is 4.23. The molecule has 0 saturated carbocycles. The Bertz CT molecular complexity index is 664. The number of amides is 1. The highest BCUT2D eigenvalue weighted by molar-refractivity contribution is 7.88. The zero-order valence-electron chi connectivity index (χ0n) is 12.2. The lowest BCUT2D eigenvalue weighted by atomic mass is 10.0. The zero-order valence-corrected chi connectivity index (χ0v) is 13.0. The average molecular weight is 332 g/mol. The lowest BCUT2D eigenvalue weighted by Gasteiger charge is -2.35. The summed E-state index contributed by atoms with van der Waals surface area (Å²) in [5, 5.41) is 0. The normalized spacial score (nSPS) is 19.2. The fourth-order valence-electron chi connectivity index (χ4n) is 2.52. The molecule has 122 valence electrons. The van der Waals surface area contributed by atoms with Gasteiger partial charge in [0.2, 0.25) is 10.0 Å². The van der Waals surface area contributed by atoms with Gasteiger partial charge in [-0.05, 0) is 37.5 Å². The van der Waals surface area contributed by atoms with Crippen LogP contribution in [0.3, 0.4) is 0 Å². The van der Waals surface area contributed by atoms with Gasteiger partial charge in [-0.3, -0.25) is 4.79 Å². The molecule has 0 aliphatic carbocycles. The van der Waals surface area contributed by atoms with E-state index in [0.29, 0.717) is 13.0 Å². The molecule has 1 saturated heterocycles. The number of likely N-dealkylation sites (tertiary alicyclic amines) is 1. The Labute approximate surface area is 128 Å². The van der Waals surface area contributed by atoms with Crippen molar-refractivity contribution in [2.24, 2.45) is 0 Å². The molecule has 8 heteroatoms. The number of hydrogen-bond donors (Lipinski definition) is 1. The minimum atomic E-state index is -3.35. The summed E-state index contributed by atoms with van der Waals surface area (Å²) in [4.78, 5) is 14.0. The summed E-state index contributed by atoms with van der Waals surface area (Å²) in [6, 6.07) is 2.73. The van der Waals surface area contributed by atoms with Crippen molar-refractivity contribution >= 4 is 15.9 Å². The molecule has 1 aromatic carbocycles.